The number of rotatable bonds is 18. The number of nitrogens with zero attached hydrogens (tertiary/aromatic N) is 9. The summed E-state index contributed by atoms with van der Waals surface area (Å²) in [5, 5.41) is 22.8. The first kappa shape index (κ1) is 47.3. The Hall–Kier alpha value is -7.68. The van der Waals surface area contributed by atoms with Gasteiger partial charge in [0.25, 0.3) is 0 Å². The number of halogens is 1. The number of aryl methyl sites for hydroxylation is 1. The predicted octanol–water partition coefficient (Wildman–Crippen LogP) is 3.69. The molecule has 4 aromatic heterocycles. The number of carbonyl (C=O) groups excluding carboxylic acids is 4. The van der Waals surface area contributed by atoms with Gasteiger partial charge in [0.1, 0.15) is 30.3 Å². The molecule has 7 rings (SSSR count). The fourth-order valence-electron chi connectivity index (χ4n) is 7.96. The molecule has 3 atom stereocenters. The lowest BCUT2D eigenvalue weighted by Gasteiger charge is -2.36. The van der Waals surface area contributed by atoms with Crippen LogP contribution in [-0.4, -0.2) is 110 Å². The van der Waals surface area contributed by atoms with Gasteiger partial charge < -0.3 is 46.9 Å². The van der Waals surface area contributed by atoms with Crippen molar-refractivity contribution >= 4 is 46.9 Å². The summed E-state index contributed by atoms with van der Waals surface area (Å²) >= 11 is 0. The molecule has 5 amide bonds. The van der Waals surface area contributed by atoms with Crippen molar-refractivity contribution in [3.8, 4) is 11.1 Å². The van der Waals surface area contributed by atoms with E-state index in [4.69, 9.17) is 20.4 Å². The summed E-state index contributed by atoms with van der Waals surface area (Å²) in [7, 11) is 3.56. The number of aromatic nitrogens is 7. The van der Waals surface area contributed by atoms with E-state index in [1.807, 2.05) is 44.0 Å². The number of carbonyl (C=O) groups is 4. The average molecular weight is 918 g/mol. The van der Waals surface area contributed by atoms with E-state index >= 15 is 0 Å². The summed E-state index contributed by atoms with van der Waals surface area (Å²) in [4.78, 5) is 69.4. The topological polar surface area (TPSA) is 244 Å². The van der Waals surface area contributed by atoms with E-state index in [9.17, 15) is 23.6 Å². The number of primary amides is 1. The van der Waals surface area contributed by atoms with Gasteiger partial charge in [0.2, 0.25) is 17.8 Å². The van der Waals surface area contributed by atoms with Crippen molar-refractivity contribution < 1.29 is 28.3 Å². The normalized spacial score (nSPS) is 14.6. The number of hydrogen-bond acceptors (Lipinski definition) is 13. The van der Waals surface area contributed by atoms with Crippen LogP contribution in [0.2, 0.25) is 0 Å². The first-order valence-electron chi connectivity index (χ1n) is 22.0. The summed E-state index contributed by atoms with van der Waals surface area (Å²) in [6.07, 6.45) is 10.5. The van der Waals surface area contributed by atoms with Crippen LogP contribution >= 0.6 is 0 Å². The number of nitrogens with one attached hydrogen (secondary N) is 5. The van der Waals surface area contributed by atoms with Crippen molar-refractivity contribution in [1.29, 1.82) is 0 Å². The van der Waals surface area contributed by atoms with Crippen molar-refractivity contribution in [2.45, 2.75) is 57.8 Å². The first-order valence-corrected chi connectivity index (χ1v) is 22.0. The number of piperazine rings is 1. The molecule has 0 bridgehead atoms. The molecule has 1 saturated heterocycles. The maximum Gasteiger partial charge on any atom is 0.408 e. The van der Waals surface area contributed by atoms with Crippen LogP contribution in [0.25, 0.3) is 16.6 Å². The third kappa shape index (κ3) is 11.6. The number of hydrogen-bond donors (Lipinski definition) is 6. The fraction of sp³-hybridized carbons (Fsp3) is 0.370. The number of likely N-dealkylation sites (N-methyl/N-ethyl adjacent to an activating group) is 1. The summed E-state index contributed by atoms with van der Waals surface area (Å²) in [5.74, 6) is 0.126. The maximum atomic E-state index is 14.1. The molecule has 0 radical (unpaired) electrons. The molecule has 0 spiro atoms. The first-order chi connectivity index (χ1) is 32.2. The highest BCUT2D eigenvalue weighted by Gasteiger charge is 2.33. The zero-order chi connectivity index (χ0) is 47.7. The fourth-order valence-corrected chi connectivity index (χ4v) is 7.96. The number of amides is 5. The Bertz CT molecular complexity index is 2650. The van der Waals surface area contributed by atoms with Crippen molar-refractivity contribution in [1.82, 2.24) is 55.6 Å². The van der Waals surface area contributed by atoms with Crippen LogP contribution in [0.1, 0.15) is 50.3 Å². The van der Waals surface area contributed by atoms with Gasteiger partial charge in [0.05, 0.1) is 17.8 Å². The predicted molar refractivity (Wildman–Crippen MR) is 249 cm³/mol. The molecule has 21 heteroatoms. The number of ether oxygens (including phenoxy) is 1. The Labute approximate surface area is 386 Å². The number of urea groups is 1. The molecule has 1 aliphatic rings. The largest absolute Gasteiger partial charge is 0.445 e. The smallest absolute Gasteiger partial charge is 0.408 e. The quantitative estimate of drug-likeness (QED) is 0.0675. The van der Waals surface area contributed by atoms with Crippen LogP contribution in [0, 0.1) is 11.7 Å². The average Bonchev–Trinajstić information content (AvgIpc) is 3.96. The highest BCUT2D eigenvalue weighted by atomic mass is 19.1. The lowest BCUT2D eigenvalue weighted by molar-refractivity contribution is -0.128. The number of benzene rings is 2. The van der Waals surface area contributed by atoms with Crippen molar-refractivity contribution in [3.63, 3.8) is 0 Å². The van der Waals surface area contributed by atoms with E-state index < -0.39 is 41.5 Å². The molecule has 0 saturated carbocycles. The lowest BCUT2D eigenvalue weighted by atomic mass is 9.86. The summed E-state index contributed by atoms with van der Waals surface area (Å²) in [5.41, 5.74) is 9.05. The minimum atomic E-state index is -1.22. The van der Waals surface area contributed by atoms with E-state index in [-0.39, 0.29) is 31.4 Å². The Morgan fingerprint density at radius 3 is 2.21 bits per heavy atom. The number of anilines is 3. The molecule has 6 aromatic rings. The van der Waals surface area contributed by atoms with Gasteiger partial charge >= 0.3 is 12.1 Å². The Kier molecular flexibility index (Phi) is 14.9. The summed E-state index contributed by atoms with van der Waals surface area (Å²) in [6, 6.07) is 12.5. The highest BCUT2D eigenvalue weighted by molar-refractivity contribution is 5.98. The molecule has 0 unspecified atom stereocenters. The molecular formula is C46H56FN15O5. The lowest BCUT2D eigenvalue weighted by Crippen LogP contribution is -2.52. The van der Waals surface area contributed by atoms with Crippen LogP contribution in [0.5, 0.6) is 0 Å². The van der Waals surface area contributed by atoms with Gasteiger partial charge in [-0.05, 0) is 74.2 Å². The molecule has 67 heavy (non-hydrogen) atoms. The Morgan fingerprint density at radius 1 is 0.866 bits per heavy atom. The molecule has 5 heterocycles. The van der Waals surface area contributed by atoms with Crippen LogP contribution < -0.4 is 42.1 Å². The monoisotopic (exact) mass is 917 g/mol. The summed E-state index contributed by atoms with van der Waals surface area (Å²) < 4.78 is 23.4. The van der Waals surface area contributed by atoms with E-state index in [1.54, 1.807) is 73.8 Å². The third-order valence-corrected chi connectivity index (χ3v) is 11.7. The SMILES string of the molecule is CN[C@H](C(=O)N[C@@H](CCCNC(N)=O)C(=O)Nc1ccc(COC(=O)N[C@@](C)(c2ccc(F)cc2)c2cnc(N3CCN(c4ncnn5cc(-c6cnn(C)c6)cc45)CC3)nc2)cc1)C(C)C. The minimum Gasteiger partial charge on any atom is -0.445 e. The van der Waals surface area contributed by atoms with Gasteiger partial charge in [-0.25, -0.2) is 33.4 Å². The Morgan fingerprint density at radius 2 is 1.57 bits per heavy atom. The second-order valence-corrected chi connectivity index (χ2v) is 16.8. The second-order valence-electron chi connectivity index (χ2n) is 16.8. The third-order valence-electron chi connectivity index (χ3n) is 11.7. The van der Waals surface area contributed by atoms with Crippen LogP contribution in [-0.2, 0) is 33.5 Å². The molecule has 7 N–H and O–H groups in total. The standard InChI is InChI=1S/C46H56FN15O5/c1-29(2)39(49-4)42(64)57-37(7-6-16-50-43(48)65)41(63)56-36-14-8-30(9-15-36)27-67-45(66)58-46(3,33-10-12-35(47)13-11-33)34-23-51-44(52-24-34)61-19-17-60(18-20-61)40-38-21-31(26-62(38)55-28-53-40)32-22-54-59(5)25-32/h8-15,21-26,28-29,37,39,49H,6-7,16-20,27H2,1-5H3,(H,56,63)(H,57,64)(H,58,66)(H3,48,50,65)/t37-,39-,46-/m0/s1. The minimum absolute atomic E-state index is 0.0260. The molecule has 352 valence electrons. The zero-order valence-corrected chi connectivity index (χ0v) is 38.1. The van der Waals surface area contributed by atoms with Crippen molar-refractivity contribution in [2.75, 3.05) is 54.9 Å². The second kappa shape index (κ2) is 21.1. The molecule has 2 aromatic carbocycles. The highest BCUT2D eigenvalue weighted by Crippen LogP contribution is 2.31. The van der Waals surface area contributed by atoms with Crippen molar-refractivity contribution in [2.24, 2.45) is 18.7 Å². The molecule has 1 aliphatic heterocycles. The zero-order valence-electron chi connectivity index (χ0n) is 38.1. The summed E-state index contributed by atoms with van der Waals surface area (Å²) in [6.45, 7) is 8.28. The van der Waals surface area contributed by atoms with Gasteiger partial charge in [0, 0.05) is 86.9 Å². The van der Waals surface area contributed by atoms with Crippen LogP contribution in [0.15, 0.2) is 91.9 Å². The molecule has 0 aliphatic carbocycles. The van der Waals surface area contributed by atoms with E-state index in [1.165, 1.54) is 12.1 Å². The van der Waals surface area contributed by atoms with Gasteiger partial charge in [-0.15, -0.1) is 0 Å². The van der Waals surface area contributed by atoms with Gasteiger partial charge in [-0.2, -0.15) is 10.2 Å². The Balaban J connectivity index is 0.965. The van der Waals surface area contributed by atoms with Crippen LogP contribution in [0.3, 0.4) is 0 Å². The molecule has 1 fully saturated rings. The number of alkyl carbamates (subject to hydrolysis) is 1. The van der Waals surface area contributed by atoms with E-state index in [0.29, 0.717) is 60.9 Å². The van der Waals surface area contributed by atoms with E-state index in [0.717, 1.165) is 22.5 Å². The maximum absolute atomic E-state index is 14.1. The van der Waals surface area contributed by atoms with Crippen LogP contribution in [0.4, 0.5) is 31.4 Å². The molecule has 20 nitrogen and oxygen atoms in total. The van der Waals surface area contributed by atoms with Gasteiger partial charge in [-0.3, -0.25) is 14.3 Å². The van der Waals surface area contributed by atoms with Crippen molar-refractivity contribution in [3.05, 3.63) is 114 Å². The molecular weight excluding hydrogens is 862 g/mol. The van der Waals surface area contributed by atoms with Gasteiger partial charge in [-0.1, -0.05) is 38.1 Å². The van der Waals surface area contributed by atoms with E-state index in [2.05, 4.69) is 57.6 Å². The van der Waals surface area contributed by atoms with Gasteiger partial charge in [0.15, 0.2) is 5.82 Å². The number of fused-ring (bicyclic) bond motifs is 1. The number of nitrogens with two attached hydrogens (primary N) is 1.